The summed E-state index contributed by atoms with van der Waals surface area (Å²) in [4.78, 5) is 16.6. The number of H-pyrrole nitrogens is 2. The van der Waals surface area contributed by atoms with Crippen LogP contribution in [0.5, 0.6) is 0 Å². The normalized spacial score (nSPS) is 12.4. The Morgan fingerprint density at radius 1 is 0.676 bits per heavy atom. The number of imidazole rings is 2. The fourth-order valence-electron chi connectivity index (χ4n) is 5.72. The first-order valence-electron chi connectivity index (χ1n) is 12.7. The molecule has 0 aliphatic carbocycles. The van der Waals surface area contributed by atoms with Gasteiger partial charge < -0.3 is 9.97 Å². The zero-order valence-corrected chi connectivity index (χ0v) is 21.6. The summed E-state index contributed by atoms with van der Waals surface area (Å²) in [6.07, 6.45) is 0. The third kappa shape index (κ3) is 3.01. The van der Waals surface area contributed by atoms with E-state index in [4.69, 9.17) is 9.97 Å². The summed E-state index contributed by atoms with van der Waals surface area (Å²) >= 11 is 1.85. The van der Waals surface area contributed by atoms with Gasteiger partial charge in [0.2, 0.25) is 0 Å². The average Bonchev–Trinajstić information content (AvgIpc) is 3.61. The van der Waals surface area contributed by atoms with Gasteiger partial charge in [-0.25, -0.2) is 9.97 Å². The van der Waals surface area contributed by atoms with Crippen molar-refractivity contribution in [3.05, 3.63) is 84.4 Å². The van der Waals surface area contributed by atoms with Gasteiger partial charge in [0.25, 0.3) is 0 Å². The number of hydrogen-bond acceptors (Lipinski definition) is 3. The molecule has 37 heavy (non-hydrogen) atoms. The summed E-state index contributed by atoms with van der Waals surface area (Å²) in [5, 5.41) is 7.49. The Hall–Kier alpha value is -4.22. The van der Waals surface area contributed by atoms with Crippen LogP contribution in [0, 0.1) is 6.92 Å². The van der Waals surface area contributed by atoms with Gasteiger partial charge in [0.05, 0.1) is 22.1 Å². The number of hydrogen-bond donors (Lipinski definition) is 2. The van der Waals surface area contributed by atoms with Gasteiger partial charge in [-0.1, -0.05) is 62.4 Å². The maximum Gasteiger partial charge on any atom is 0.109 e. The number of nitrogens with one attached hydrogen (secondary N) is 2. The van der Waals surface area contributed by atoms with E-state index in [1.807, 2.05) is 18.3 Å². The molecule has 3 aromatic heterocycles. The van der Waals surface area contributed by atoms with E-state index in [9.17, 15) is 0 Å². The van der Waals surface area contributed by atoms with Crippen molar-refractivity contribution >= 4 is 75.1 Å². The molecule has 0 saturated heterocycles. The SMILES string of the molecule is Cc1nc2c3ccccc3c3cc(-c4ccc5c(c4)sc4cc6nc(C(C)C)[nH]c6cc45)ccc3c2[nH]1. The van der Waals surface area contributed by atoms with Crippen molar-refractivity contribution in [2.45, 2.75) is 26.7 Å². The number of rotatable bonds is 2. The van der Waals surface area contributed by atoms with Crippen molar-refractivity contribution < 1.29 is 0 Å². The molecule has 0 fully saturated rings. The summed E-state index contributed by atoms with van der Waals surface area (Å²) in [5.41, 5.74) is 6.78. The fourth-order valence-corrected chi connectivity index (χ4v) is 6.88. The molecule has 0 atom stereocenters. The number of fused-ring (bicyclic) bond motifs is 10. The average molecular weight is 497 g/mol. The lowest BCUT2D eigenvalue weighted by atomic mass is 9.95. The third-order valence-electron chi connectivity index (χ3n) is 7.56. The van der Waals surface area contributed by atoms with Crippen LogP contribution in [0.4, 0.5) is 0 Å². The highest BCUT2D eigenvalue weighted by atomic mass is 32.1. The standard InChI is InChI=1S/C32H24N4S/c1-16(2)32-35-26-14-25-21-10-8-19(13-28(21)37-29(25)15-27(26)36-32)18-9-11-23-24(12-18)20-6-4-5-7-22(20)30-31(23)34-17(3)33-30/h4-16H,1-3H3,(H,33,34)(H,35,36). The Bertz CT molecular complexity index is 2190. The largest absolute Gasteiger partial charge is 0.342 e. The highest BCUT2D eigenvalue weighted by molar-refractivity contribution is 7.25. The summed E-state index contributed by atoms with van der Waals surface area (Å²) in [6, 6.07) is 26.8. The molecule has 5 heteroatoms. The van der Waals surface area contributed by atoms with Gasteiger partial charge in [0.1, 0.15) is 11.6 Å². The van der Waals surface area contributed by atoms with Crippen molar-refractivity contribution in [2.75, 3.05) is 0 Å². The molecule has 178 valence electrons. The fraction of sp³-hybridized carbons (Fsp3) is 0.125. The highest BCUT2D eigenvalue weighted by Crippen LogP contribution is 2.40. The molecule has 4 nitrogen and oxygen atoms in total. The second kappa shape index (κ2) is 7.40. The van der Waals surface area contributed by atoms with Crippen LogP contribution in [0.3, 0.4) is 0 Å². The van der Waals surface area contributed by atoms with Crippen LogP contribution >= 0.6 is 11.3 Å². The van der Waals surface area contributed by atoms with E-state index in [1.165, 1.54) is 52.8 Å². The number of aromatic amines is 2. The molecule has 3 heterocycles. The quantitative estimate of drug-likeness (QED) is 0.234. The lowest BCUT2D eigenvalue weighted by Gasteiger charge is -2.09. The van der Waals surface area contributed by atoms with E-state index in [2.05, 4.69) is 96.6 Å². The lowest BCUT2D eigenvalue weighted by Crippen LogP contribution is -1.88. The van der Waals surface area contributed by atoms with Gasteiger partial charge in [0, 0.05) is 36.9 Å². The zero-order chi connectivity index (χ0) is 24.8. The molecule has 0 radical (unpaired) electrons. The minimum Gasteiger partial charge on any atom is -0.342 e. The maximum atomic E-state index is 4.82. The van der Waals surface area contributed by atoms with Crippen LogP contribution in [-0.2, 0) is 0 Å². The first kappa shape index (κ1) is 20.9. The van der Waals surface area contributed by atoms with Crippen LogP contribution in [0.2, 0.25) is 0 Å². The third-order valence-corrected chi connectivity index (χ3v) is 8.67. The first-order valence-corrected chi connectivity index (χ1v) is 13.5. The summed E-state index contributed by atoms with van der Waals surface area (Å²) in [7, 11) is 0. The van der Waals surface area contributed by atoms with Crippen LogP contribution in [-0.4, -0.2) is 19.9 Å². The van der Waals surface area contributed by atoms with Crippen LogP contribution < -0.4 is 0 Å². The molecular formula is C32H24N4S. The van der Waals surface area contributed by atoms with E-state index >= 15 is 0 Å². The minimum absolute atomic E-state index is 0.386. The molecule has 8 rings (SSSR count). The Balaban J connectivity index is 1.33. The van der Waals surface area contributed by atoms with E-state index < -0.39 is 0 Å². The predicted molar refractivity (Wildman–Crippen MR) is 158 cm³/mol. The number of benzene rings is 5. The molecular weight excluding hydrogens is 472 g/mol. The number of nitrogens with zero attached hydrogens (tertiary/aromatic N) is 2. The Morgan fingerprint density at radius 3 is 2.27 bits per heavy atom. The molecule has 8 aromatic rings. The molecule has 0 unspecified atom stereocenters. The van der Waals surface area contributed by atoms with Gasteiger partial charge in [-0.05, 0) is 53.1 Å². The van der Waals surface area contributed by atoms with Crippen molar-refractivity contribution in [3.63, 3.8) is 0 Å². The number of aryl methyl sites for hydroxylation is 1. The molecule has 0 saturated carbocycles. The Morgan fingerprint density at radius 2 is 1.43 bits per heavy atom. The molecule has 0 aliphatic heterocycles. The highest BCUT2D eigenvalue weighted by Gasteiger charge is 2.14. The van der Waals surface area contributed by atoms with Crippen molar-refractivity contribution in [2.24, 2.45) is 0 Å². The van der Waals surface area contributed by atoms with E-state index in [0.717, 1.165) is 33.7 Å². The number of thiophene rings is 1. The molecule has 0 spiro atoms. The van der Waals surface area contributed by atoms with E-state index in [1.54, 1.807) is 0 Å². The maximum absolute atomic E-state index is 4.82. The van der Waals surface area contributed by atoms with E-state index in [0.29, 0.717) is 5.92 Å². The number of aromatic nitrogens is 4. The summed E-state index contributed by atoms with van der Waals surface area (Å²) < 4.78 is 2.58. The lowest BCUT2D eigenvalue weighted by molar-refractivity contribution is 0.799. The Labute approximate surface area is 217 Å². The van der Waals surface area contributed by atoms with Crippen molar-refractivity contribution in [1.29, 1.82) is 0 Å². The molecule has 0 bridgehead atoms. The van der Waals surface area contributed by atoms with Crippen molar-refractivity contribution in [3.8, 4) is 11.1 Å². The Kier molecular flexibility index (Phi) is 4.19. The second-order valence-corrected chi connectivity index (χ2v) is 11.4. The monoisotopic (exact) mass is 496 g/mol. The topological polar surface area (TPSA) is 57.4 Å². The van der Waals surface area contributed by atoms with Crippen molar-refractivity contribution in [1.82, 2.24) is 19.9 Å². The first-order chi connectivity index (χ1) is 18.0. The molecule has 2 N–H and O–H groups in total. The van der Waals surface area contributed by atoms with Gasteiger partial charge in [-0.15, -0.1) is 11.3 Å². The molecule has 0 amide bonds. The van der Waals surface area contributed by atoms with Crippen LogP contribution in [0.15, 0.2) is 72.8 Å². The van der Waals surface area contributed by atoms with Crippen LogP contribution in [0.1, 0.15) is 31.4 Å². The molecule has 0 aliphatic rings. The predicted octanol–water partition coefficient (Wildman–Crippen LogP) is 9.21. The van der Waals surface area contributed by atoms with Crippen LogP contribution in [0.25, 0.3) is 74.9 Å². The van der Waals surface area contributed by atoms with Gasteiger partial charge in [-0.2, -0.15) is 0 Å². The van der Waals surface area contributed by atoms with Gasteiger partial charge in [-0.3, -0.25) is 0 Å². The van der Waals surface area contributed by atoms with E-state index in [-0.39, 0.29) is 0 Å². The minimum atomic E-state index is 0.386. The van der Waals surface area contributed by atoms with Gasteiger partial charge >= 0.3 is 0 Å². The molecule has 5 aromatic carbocycles. The summed E-state index contributed by atoms with van der Waals surface area (Å²) in [5.74, 6) is 2.38. The second-order valence-electron chi connectivity index (χ2n) is 10.3. The van der Waals surface area contributed by atoms with Gasteiger partial charge in [0.15, 0.2) is 0 Å². The summed E-state index contributed by atoms with van der Waals surface area (Å²) in [6.45, 7) is 6.37. The zero-order valence-electron chi connectivity index (χ0n) is 20.8. The smallest absolute Gasteiger partial charge is 0.109 e.